The van der Waals surface area contributed by atoms with E-state index < -0.39 is 5.97 Å². The van der Waals surface area contributed by atoms with Crippen LogP contribution < -0.4 is 4.74 Å². The standard InChI is InChI=1S/C13H16O3/c1-3-4-11(9-13(14)15)10-5-7-12(16-2)8-6-10/h5-9H,3-4H2,1-2H3,(H,14,15)/b11-9-. The van der Waals surface area contributed by atoms with Gasteiger partial charge in [-0.05, 0) is 29.7 Å². The van der Waals surface area contributed by atoms with Crippen molar-refractivity contribution < 1.29 is 14.6 Å². The van der Waals surface area contributed by atoms with Gasteiger partial charge >= 0.3 is 5.97 Å². The van der Waals surface area contributed by atoms with Crippen molar-refractivity contribution in [3.05, 3.63) is 35.9 Å². The molecule has 1 rings (SSSR count). The minimum Gasteiger partial charge on any atom is -0.497 e. The molecule has 0 radical (unpaired) electrons. The first-order valence-corrected chi connectivity index (χ1v) is 5.25. The maximum Gasteiger partial charge on any atom is 0.328 e. The molecule has 0 bridgehead atoms. The number of aliphatic carboxylic acids is 1. The van der Waals surface area contributed by atoms with Crippen molar-refractivity contribution in [3.8, 4) is 5.75 Å². The molecule has 0 heterocycles. The Kier molecular flexibility index (Phi) is 4.58. The van der Waals surface area contributed by atoms with Crippen LogP contribution in [0.2, 0.25) is 0 Å². The van der Waals surface area contributed by atoms with E-state index in [1.165, 1.54) is 6.08 Å². The predicted octanol–water partition coefficient (Wildman–Crippen LogP) is 2.96. The molecule has 0 spiro atoms. The maximum atomic E-state index is 10.7. The SMILES string of the molecule is CCC/C(=C/C(=O)O)c1ccc(OC)cc1. The lowest BCUT2D eigenvalue weighted by molar-refractivity contribution is -0.131. The molecule has 3 heteroatoms. The molecule has 1 aromatic carbocycles. The third-order valence-corrected chi connectivity index (χ3v) is 2.28. The molecule has 16 heavy (non-hydrogen) atoms. The smallest absolute Gasteiger partial charge is 0.328 e. The number of rotatable bonds is 5. The Hall–Kier alpha value is -1.77. The summed E-state index contributed by atoms with van der Waals surface area (Å²) in [5, 5.41) is 8.77. The Morgan fingerprint density at radius 1 is 1.38 bits per heavy atom. The summed E-state index contributed by atoms with van der Waals surface area (Å²) in [5.41, 5.74) is 1.78. The van der Waals surface area contributed by atoms with Crippen LogP contribution >= 0.6 is 0 Å². The molecule has 0 fully saturated rings. The zero-order chi connectivity index (χ0) is 12.0. The second-order valence-electron chi connectivity index (χ2n) is 3.49. The first kappa shape index (κ1) is 12.3. The average molecular weight is 220 g/mol. The molecular formula is C13H16O3. The van der Waals surface area contributed by atoms with Gasteiger partial charge in [-0.2, -0.15) is 0 Å². The third kappa shape index (κ3) is 3.42. The molecule has 0 saturated heterocycles. The highest BCUT2D eigenvalue weighted by atomic mass is 16.5. The molecule has 0 atom stereocenters. The van der Waals surface area contributed by atoms with Crippen LogP contribution in [0.25, 0.3) is 5.57 Å². The van der Waals surface area contributed by atoms with Crippen LogP contribution in [0.5, 0.6) is 5.75 Å². The number of hydrogen-bond donors (Lipinski definition) is 1. The fourth-order valence-electron chi connectivity index (χ4n) is 1.52. The summed E-state index contributed by atoms with van der Waals surface area (Å²) in [6, 6.07) is 7.42. The van der Waals surface area contributed by atoms with E-state index in [9.17, 15) is 4.79 Å². The summed E-state index contributed by atoms with van der Waals surface area (Å²) >= 11 is 0. The largest absolute Gasteiger partial charge is 0.497 e. The van der Waals surface area contributed by atoms with Gasteiger partial charge in [0.05, 0.1) is 7.11 Å². The molecule has 0 aromatic heterocycles. The first-order chi connectivity index (χ1) is 7.67. The highest BCUT2D eigenvalue weighted by molar-refractivity contribution is 5.90. The zero-order valence-electron chi connectivity index (χ0n) is 9.56. The highest BCUT2D eigenvalue weighted by Gasteiger charge is 2.03. The second-order valence-corrected chi connectivity index (χ2v) is 3.49. The quantitative estimate of drug-likeness (QED) is 0.776. The number of carbonyl (C=O) groups is 1. The van der Waals surface area contributed by atoms with E-state index in [0.29, 0.717) is 0 Å². The number of benzene rings is 1. The monoisotopic (exact) mass is 220 g/mol. The molecule has 3 nitrogen and oxygen atoms in total. The van der Waals surface area contributed by atoms with Gasteiger partial charge in [0, 0.05) is 6.08 Å². The summed E-state index contributed by atoms with van der Waals surface area (Å²) in [6.07, 6.45) is 2.95. The van der Waals surface area contributed by atoms with Gasteiger partial charge in [-0.1, -0.05) is 25.5 Å². The number of methoxy groups -OCH3 is 1. The summed E-state index contributed by atoms with van der Waals surface area (Å²) in [6.45, 7) is 2.03. The van der Waals surface area contributed by atoms with E-state index in [0.717, 1.165) is 29.7 Å². The summed E-state index contributed by atoms with van der Waals surface area (Å²) in [7, 11) is 1.61. The van der Waals surface area contributed by atoms with Gasteiger partial charge in [0.1, 0.15) is 5.75 Å². The molecule has 86 valence electrons. The molecule has 0 aliphatic rings. The Balaban J connectivity index is 2.97. The van der Waals surface area contributed by atoms with Gasteiger partial charge in [-0.15, -0.1) is 0 Å². The van der Waals surface area contributed by atoms with E-state index in [-0.39, 0.29) is 0 Å². The van der Waals surface area contributed by atoms with Crippen LogP contribution in [0.3, 0.4) is 0 Å². The number of hydrogen-bond acceptors (Lipinski definition) is 2. The Morgan fingerprint density at radius 2 is 2.00 bits per heavy atom. The fraction of sp³-hybridized carbons (Fsp3) is 0.308. The van der Waals surface area contributed by atoms with Gasteiger partial charge in [0.2, 0.25) is 0 Å². The third-order valence-electron chi connectivity index (χ3n) is 2.28. The summed E-state index contributed by atoms with van der Waals surface area (Å²) < 4.78 is 5.05. The molecule has 0 amide bonds. The van der Waals surface area contributed by atoms with Crippen LogP contribution in [-0.4, -0.2) is 18.2 Å². The Labute approximate surface area is 95.4 Å². The van der Waals surface area contributed by atoms with Crippen LogP contribution in [0.4, 0.5) is 0 Å². The predicted molar refractivity (Wildman–Crippen MR) is 63.5 cm³/mol. The fourth-order valence-corrected chi connectivity index (χ4v) is 1.52. The molecule has 0 aliphatic carbocycles. The van der Waals surface area contributed by atoms with Gasteiger partial charge in [-0.25, -0.2) is 4.79 Å². The van der Waals surface area contributed by atoms with Gasteiger partial charge in [0.15, 0.2) is 0 Å². The molecule has 0 saturated carbocycles. The second kappa shape index (κ2) is 5.95. The van der Waals surface area contributed by atoms with Gasteiger partial charge in [0.25, 0.3) is 0 Å². The molecule has 1 aromatic rings. The lowest BCUT2D eigenvalue weighted by atomic mass is 10.0. The number of carboxylic acid groups (broad SMARTS) is 1. The molecule has 0 unspecified atom stereocenters. The maximum absolute atomic E-state index is 10.7. The summed E-state index contributed by atoms with van der Waals surface area (Å²) in [4.78, 5) is 10.7. The Morgan fingerprint density at radius 3 is 2.44 bits per heavy atom. The van der Waals surface area contributed by atoms with Crippen molar-refractivity contribution in [2.24, 2.45) is 0 Å². The lowest BCUT2D eigenvalue weighted by Crippen LogP contribution is -1.93. The summed E-state index contributed by atoms with van der Waals surface area (Å²) in [5.74, 6) is -0.130. The minimum absolute atomic E-state index is 0.763. The zero-order valence-corrected chi connectivity index (χ0v) is 9.56. The van der Waals surface area contributed by atoms with Crippen molar-refractivity contribution in [3.63, 3.8) is 0 Å². The van der Waals surface area contributed by atoms with E-state index in [1.54, 1.807) is 7.11 Å². The lowest BCUT2D eigenvalue weighted by Gasteiger charge is -2.06. The number of allylic oxidation sites excluding steroid dienone is 1. The van der Waals surface area contributed by atoms with E-state index >= 15 is 0 Å². The van der Waals surface area contributed by atoms with Crippen LogP contribution in [0.15, 0.2) is 30.3 Å². The molecule has 0 aliphatic heterocycles. The highest BCUT2D eigenvalue weighted by Crippen LogP contribution is 2.22. The van der Waals surface area contributed by atoms with E-state index in [2.05, 4.69) is 0 Å². The Bertz CT molecular complexity index is 377. The van der Waals surface area contributed by atoms with Crippen molar-refractivity contribution in [2.45, 2.75) is 19.8 Å². The van der Waals surface area contributed by atoms with Crippen LogP contribution in [0.1, 0.15) is 25.3 Å². The normalized spacial score (nSPS) is 11.2. The number of ether oxygens (including phenoxy) is 1. The van der Waals surface area contributed by atoms with Crippen LogP contribution in [0, 0.1) is 0 Å². The van der Waals surface area contributed by atoms with Gasteiger partial charge < -0.3 is 9.84 Å². The molecule has 1 N–H and O–H groups in total. The van der Waals surface area contributed by atoms with E-state index in [4.69, 9.17) is 9.84 Å². The van der Waals surface area contributed by atoms with Crippen molar-refractivity contribution in [1.82, 2.24) is 0 Å². The van der Waals surface area contributed by atoms with Gasteiger partial charge in [-0.3, -0.25) is 0 Å². The first-order valence-electron chi connectivity index (χ1n) is 5.25. The van der Waals surface area contributed by atoms with E-state index in [1.807, 2.05) is 31.2 Å². The van der Waals surface area contributed by atoms with Crippen LogP contribution in [-0.2, 0) is 4.79 Å². The van der Waals surface area contributed by atoms with Crippen molar-refractivity contribution >= 4 is 11.5 Å². The topological polar surface area (TPSA) is 46.5 Å². The van der Waals surface area contributed by atoms with Crippen molar-refractivity contribution in [2.75, 3.05) is 7.11 Å². The molecular weight excluding hydrogens is 204 g/mol. The minimum atomic E-state index is -0.903. The average Bonchev–Trinajstić information content (AvgIpc) is 2.28. The van der Waals surface area contributed by atoms with Crippen molar-refractivity contribution in [1.29, 1.82) is 0 Å². The number of carboxylic acids is 1.